The molecule has 0 aliphatic heterocycles. The average molecular weight is 330 g/mol. The van der Waals surface area contributed by atoms with Gasteiger partial charge >= 0.3 is 6.01 Å². The van der Waals surface area contributed by atoms with Gasteiger partial charge in [-0.25, -0.2) is 14.4 Å². The van der Waals surface area contributed by atoms with E-state index < -0.39 is 0 Å². The maximum atomic E-state index is 13.0. The van der Waals surface area contributed by atoms with E-state index in [1.165, 1.54) is 12.1 Å². The van der Waals surface area contributed by atoms with Gasteiger partial charge in [0.05, 0.1) is 0 Å². The highest BCUT2D eigenvalue weighted by atomic mass is 127. The van der Waals surface area contributed by atoms with Gasteiger partial charge in [-0.2, -0.15) is 0 Å². The minimum atomic E-state index is -0.342. The Labute approximate surface area is 106 Å². The number of nitrogens with zero attached hydrogens (tertiary/aromatic N) is 2. The van der Waals surface area contributed by atoms with Gasteiger partial charge in [0.1, 0.15) is 11.6 Å². The summed E-state index contributed by atoms with van der Waals surface area (Å²) in [5.41, 5.74) is 0.837. The van der Waals surface area contributed by atoms with Gasteiger partial charge in [0.25, 0.3) is 0 Å². The van der Waals surface area contributed by atoms with Crippen molar-refractivity contribution in [2.24, 2.45) is 0 Å². The van der Waals surface area contributed by atoms with Gasteiger partial charge in [-0.05, 0) is 41.1 Å². The van der Waals surface area contributed by atoms with Crippen LogP contribution in [0.3, 0.4) is 0 Å². The molecule has 0 fully saturated rings. The molecule has 0 atom stereocenters. The number of benzene rings is 1. The second-order valence-corrected chi connectivity index (χ2v) is 4.44. The van der Waals surface area contributed by atoms with E-state index in [4.69, 9.17) is 4.74 Å². The second kappa shape index (κ2) is 4.73. The summed E-state index contributed by atoms with van der Waals surface area (Å²) in [5.74, 6) is 0.0901. The fourth-order valence-electron chi connectivity index (χ4n) is 1.14. The SMILES string of the molecule is Cc1ccc(F)cc1Oc1ncc(I)cn1. The summed E-state index contributed by atoms with van der Waals surface area (Å²) in [6.45, 7) is 1.83. The van der Waals surface area contributed by atoms with Crippen molar-refractivity contribution in [2.75, 3.05) is 0 Å². The quantitative estimate of drug-likeness (QED) is 0.793. The van der Waals surface area contributed by atoms with E-state index in [1.807, 2.05) is 6.92 Å². The van der Waals surface area contributed by atoms with Crippen LogP contribution in [-0.4, -0.2) is 9.97 Å². The lowest BCUT2D eigenvalue weighted by atomic mass is 10.2. The zero-order valence-electron chi connectivity index (χ0n) is 8.45. The summed E-state index contributed by atoms with van der Waals surface area (Å²) in [6.07, 6.45) is 3.27. The van der Waals surface area contributed by atoms with Gasteiger partial charge in [0.15, 0.2) is 0 Å². The first-order valence-corrected chi connectivity index (χ1v) is 5.64. The van der Waals surface area contributed by atoms with Crippen molar-refractivity contribution in [3.8, 4) is 11.8 Å². The summed E-state index contributed by atoms with van der Waals surface area (Å²) in [5, 5.41) is 0. The van der Waals surface area contributed by atoms with Crippen LogP contribution in [0.2, 0.25) is 0 Å². The lowest BCUT2D eigenvalue weighted by Crippen LogP contribution is -1.94. The van der Waals surface area contributed by atoms with Crippen LogP contribution < -0.4 is 4.74 Å². The Balaban J connectivity index is 2.26. The molecule has 16 heavy (non-hydrogen) atoms. The molecule has 0 saturated heterocycles. The Morgan fingerprint density at radius 2 is 1.94 bits per heavy atom. The number of halogens is 2. The number of aromatic nitrogens is 2. The fraction of sp³-hybridized carbons (Fsp3) is 0.0909. The molecule has 1 aromatic carbocycles. The molecule has 2 aromatic rings. The van der Waals surface area contributed by atoms with Gasteiger partial charge in [-0.15, -0.1) is 0 Å². The molecule has 0 unspecified atom stereocenters. The van der Waals surface area contributed by atoms with Crippen molar-refractivity contribution in [3.05, 3.63) is 45.5 Å². The third-order valence-corrected chi connectivity index (χ3v) is 2.51. The van der Waals surface area contributed by atoms with Gasteiger partial charge in [-0.1, -0.05) is 6.07 Å². The molecule has 0 radical (unpaired) electrons. The third-order valence-electron chi connectivity index (χ3n) is 1.95. The lowest BCUT2D eigenvalue weighted by Gasteiger charge is -2.06. The summed E-state index contributed by atoms with van der Waals surface area (Å²) < 4.78 is 19.3. The van der Waals surface area contributed by atoms with Crippen LogP contribution in [0, 0.1) is 16.3 Å². The Hall–Kier alpha value is -1.24. The summed E-state index contributed by atoms with van der Waals surface area (Å²) in [4.78, 5) is 7.96. The third kappa shape index (κ3) is 2.66. The van der Waals surface area contributed by atoms with E-state index in [-0.39, 0.29) is 11.8 Å². The topological polar surface area (TPSA) is 35.0 Å². The molecular weight excluding hydrogens is 322 g/mol. The van der Waals surface area contributed by atoms with E-state index in [1.54, 1.807) is 18.5 Å². The molecule has 0 saturated carbocycles. The largest absolute Gasteiger partial charge is 0.424 e. The van der Waals surface area contributed by atoms with Crippen molar-refractivity contribution >= 4 is 22.6 Å². The van der Waals surface area contributed by atoms with E-state index in [0.29, 0.717) is 5.75 Å². The number of hydrogen-bond donors (Lipinski definition) is 0. The predicted molar refractivity (Wildman–Crippen MR) is 66.0 cm³/mol. The Kier molecular flexibility index (Phi) is 3.33. The van der Waals surface area contributed by atoms with Crippen LogP contribution in [0.5, 0.6) is 11.8 Å². The zero-order chi connectivity index (χ0) is 11.5. The number of ether oxygens (including phenoxy) is 1. The minimum Gasteiger partial charge on any atom is -0.424 e. The molecule has 5 heteroatoms. The molecule has 0 amide bonds. The fourth-order valence-corrected chi connectivity index (χ4v) is 1.41. The van der Waals surface area contributed by atoms with Crippen molar-refractivity contribution in [2.45, 2.75) is 6.92 Å². The van der Waals surface area contributed by atoms with Crippen LogP contribution in [-0.2, 0) is 0 Å². The molecule has 1 heterocycles. The first-order valence-electron chi connectivity index (χ1n) is 4.57. The predicted octanol–water partition coefficient (Wildman–Crippen LogP) is 3.32. The Morgan fingerprint density at radius 3 is 2.62 bits per heavy atom. The van der Waals surface area contributed by atoms with Gasteiger partial charge in [-0.3, -0.25) is 0 Å². The van der Waals surface area contributed by atoms with Crippen LogP contribution in [0.25, 0.3) is 0 Å². The molecular formula is C11H8FIN2O. The number of hydrogen-bond acceptors (Lipinski definition) is 3. The number of aryl methyl sites for hydroxylation is 1. The zero-order valence-corrected chi connectivity index (χ0v) is 10.6. The smallest absolute Gasteiger partial charge is 0.321 e. The maximum absolute atomic E-state index is 13.0. The van der Waals surface area contributed by atoms with Gasteiger partial charge in [0, 0.05) is 22.0 Å². The summed E-state index contributed by atoms with van der Waals surface area (Å²) in [6, 6.07) is 4.57. The molecule has 3 nitrogen and oxygen atoms in total. The highest BCUT2D eigenvalue weighted by molar-refractivity contribution is 14.1. The van der Waals surface area contributed by atoms with Crippen molar-refractivity contribution < 1.29 is 9.13 Å². The molecule has 0 N–H and O–H groups in total. The molecule has 2 rings (SSSR count). The van der Waals surface area contributed by atoms with Crippen molar-refractivity contribution in [3.63, 3.8) is 0 Å². The van der Waals surface area contributed by atoms with Crippen LogP contribution >= 0.6 is 22.6 Å². The summed E-state index contributed by atoms with van der Waals surface area (Å²) >= 11 is 2.10. The molecule has 0 bridgehead atoms. The van der Waals surface area contributed by atoms with Gasteiger partial charge in [0.2, 0.25) is 0 Å². The minimum absolute atomic E-state index is 0.217. The molecule has 0 spiro atoms. The standard InChI is InChI=1S/C11H8FIN2O/c1-7-2-3-8(12)4-10(7)16-11-14-5-9(13)6-15-11/h2-6H,1H3. The molecule has 0 aliphatic rings. The van der Waals surface area contributed by atoms with E-state index in [2.05, 4.69) is 32.6 Å². The Bertz CT molecular complexity index is 502. The highest BCUT2D eigenvalue weighted by Crippen LogP contribution is 2.23. The highest BCUT2D eigenvalue weighted by Gasteiger charge is 2.04. The summed E-state index contributed by atoms with van der Waals surface area (Å²) in [7, 11) is 0. The molecule has 1 aromatic heterocycles. The van der Waals surface area contributed by atoms with Crippen molar-refractivity contribution in [1.82, 2.24) is 9.97 Å². The maximum Gasteiger partial charge on any atom is 0.321 e. The average Bonchev–Trinajstić information content (AvgIpc) is 2.27. The monoisotopic (exact) mass is 330 g/mol. The normalized spacial score (nSPS) is 10.2. The molecule has 82 valence electrons. The Morgan fingerprint density at radius 1 is 1.25 bits per heavy atom. The first-order chi connectivity index (χ1) is 7.65. The van der Waals surface area contributed by atoms with E-state index in [0.717, 1.165) is 9.13 Å². The second-order valence-electron chi connectivity index (χ2n) is 3.20. The van der Waals surface area contributed by atoms with Crippen molar-refractivity contribution in [1.29, 1.82) is 0 Å². The number of rotatable bonds is 2. The van der Waals surface area contributed by atoms with Crippen LogP contribution in [0.4, 0.5) is 4.39 Å². The first kappa shape index (κ1) is 11.3. The molecule has 0 aliphatic carbocycles. The van der Waals surface area contributed by atoms with E-state index in [9.17, 15) is 4.39 Å². The van der Waals surface area contributed by atoms with Crippen LogP contribution in [0.15, 0.2) is 30.6 Å². The lowest BCUT2D eigenvalue weighted by molar-refractivity contribution is 0.434. The van der Waals surface area contributed by atoms with Gasteiger partial charge < -0.3 is 4.74 Å². The van der Waals surface area contributed by atoms with Crippen LogP contribution in [0.1, 0.15) is 5.56 Å². The van der Waals surface area contributed by atoms with E-state index >= 15 is 0 Å².